The molecule has 0 unspecified atom stereocenters. The zero-order chi connectivity index (χ0) is 22.0. The predicted octanol–water partition coefficient (Wildman–Crippen LogP) is 3.87. The molecule has 2 heterocycles. The molecule has 0 saturated heterocycles. The molecule has 31 heavy (non-hydrogen) atoms. The third kappa shape index (κ3) is 4.48. The standard InChI is InChI=1S/C21H18ClN3O5S/c22-15-5-7-16(8-6-15)29-19-10-9-17(13-24-19)31(27,28)25-12-11-14-3-1-2-4-18(14)20(25)30-21(23)26/h1-10,13,20H,11-12H2,(H2,23,26)/t20-/m1/s1. The molecule has 0 radical (unpaired) electrons. The van der Waals surface area contributed by atoms with Gasteiger partial charge in [0, 0.05) is 23.2 Å². The Morgan fingerprint density at radius 2 is 1.84 bits per heavy atom. The van der Waals surface area contributed by atoms with Gasteiger partial charge in [-0.25, -0.2) is 18.2 Å². The number of hydrogen-bond donors (Lipinski definition) is 1. The number of hydrogen-bond acceptors (Lipinski definition) is 6. The molecule has 4 rings (SSSR count). The van der Waals surface area contributed by atoms with Crippen LogP contribution in [0.1, 0.15) is 17.4 Å². The molecule has 3 aromatic rings. The Hall–Kier alpha value is -3.14. The van der Waals surface area contributed by atoms with Crippen LogP contribution in [0.15, 0.2) is 71.8 Å². The number of fused-ring (bicyclic) bond motifs is 1. The lowest BCUT2D eigenvalue weighted by Gasteiger charge is -2.34. The second kappa shape index (κ2) is 8.54. The Bertz CT molecular complexity index is 1200. The molecular formula is C21H18ClN3O5S. The lowest BCUT2D eigenvalue weighted by Crippen LogP contribution is -2.42. The van der Waals surface area contributed by atoms with Crippen LogP contribution in [0.5, 0.6) is 11.6 Å². The van der Waals surface area contributed by atoms with Gasteiger partial charge in [-0.15, -0.1) is 0 Å². The van der Waals surface area contributed by atoms with Gasteiger partial charge >= 0.3 is 6.09 Å². The van der Waals surface area contributed by atoms with Gasteiger partial charge in [-0.2, -0.15) is 4.31 Å². The largest absolute Gasteiger partial charge is 0.439 e. The first kappa shape index (κ1) is 21.1. The van der Waals surface area contributed by atoms with Crippen molar-refractivity contribution in [3.63, 3.8) is 0 Å². The summed E-state index contributed by atoms with van der Waals surface area (Å²) in [6.07, 6.45) is -0.550. The number of sulfonamides is 1. The van der Waals surface area contributed by atoms with Crippen molar-refractivity contribution in [1.82, 2.24) is 9.29 Å². The number of aromatic nitrogens is 1. The summed E-state index contributed by atoms with van der Waals surface area (Å²) in [6, 6.07) is 16.7. The van der Waals surface area contributed by atoms with Crippen molar-refractivity contribution in [2.24, 2.45) is 5.73 Å². The fraction of sp³-hybridized carbons (Fsp3) is 0.143. The quantitative estimate of drug-likeness (QED) is 0.619. The zero-order valence-electron chi connectivity index (χ0n) is 16.1. The molecule has 8 nitrogen and oxygen atoms in total. The van der Waals surface area contributed by atoms with Crippen LogP contribution < -0.4 is 10.5 Å². The van der Waals surface area contributed by atoms with Crippen LogP contribution in [-0.2, 0) is 21.2 Å². The van der Waals surface area contributed by atoms with Gasteiger partial charge in [-0.05, 0) is 42.3 Å². The summed E-state index contributed by atoms with van der Waals surface area (Å²) < 4.78 is 38.5. The third-order valence-corrected chi connectivity index (χ3v) is 6.84. The third-order valence-electron chi connectivity index (χ3n) is 4.76. The van der Waals surface area contributed by atoms with Crippen LogP contribution in [-0.4, -0.2) is 30.3 Å². The van der Waals surface area contributed by atoms with Gasteiger partial charge in [0.15, 0.2) is 6.23 Å². The number of rotatable bonds is 5. The average Bonchev–Trinajstić information content (AvgIpc) is 2.75. The van der Waals surface area contributed by atoms with Crippen LogP contribution in [0, 0.1) is 0 Å². The van der Waals surface area contributed by atoms with E-state index in [1.165, 1.54) is 18.3 Å². The van der Waals surface area contributed by atoms with Gasteiger partial charge in [0.05, 0.1) is 6.20 Å². The van der Waals surface area contributed by atoms with Gasteiger partial charge in [0.25, 0.3) is 0 Å². The van der Waals surface area contributed by atoms with Crippen LogP contribution in [0.25, 0.3) is 0 Å². The number of nitrogens with zero attached hydrogens (tertiary/aromatic N) is 2. The summed E-state index contributed by atoms with van der Waals surface area (Å²) in [6.45, 7) is 0.125. The van der Waals surface area contributed by atoms with Gasteiger partial charge in [-0.3, -0.25) is 0 Å². The maximum atomic E-state index is 13.3. The van der Waals surface area contributed by atoms with Gasteiger partial charge in [0.1, 0.15) is 10.6 Å². The van der Waals surface area contributed by atoms with Crippen molar-refractivity contribution in [2.45, 2.75) is 17.5 Å². The maximum absolute atomic E-state index is 13.3. The number of benzene rings is 2. The molecule has 1 aliphatic heterocycles. The Morgan fingerprint density at radius 3 is 2.52 bits per heavy atom. The Morgan fingerprint density at radius 1 is 1.10 bits per heavy atom. The summed E-state index contributed by atoms with van der Waals surface area (Å²) >= 11 is 5.85. The van der Waals surface area contributed by atoms with E-state index in [9.17, 15) is 13.2 Å². The van der Waals surface area contributed by atoms with Crippen LogP contribution >= 0.6 is 11.6 Å². The number of amides is 1. The van der Waals surface area contributed by atoms with E-state index in [0.29, 0.717) is 22.8 Å². The smallest absolute Gasteiger partial charge is 0.406 e. The number of ether oxygens (including phenoxy) is 2. The Labute approximate surface area is 184 Å². The van der Waals surface area contributed by atoms with E-state index in [0.717, 1.165) is 9.87 Å². The fourth-order valence-electron chi connectivity index (χ4n) is 3.32. The number of halogens is 1. The van der Waals surface area contributed by atoms with Crippen molar-refractivity contribution >= 4 is 27.7 Å². The molecule has 1 amide bonds. The van der Waals surface area contributed by atoms with E-state index in [2.05, 4.69) is 4.98 Å². The first-order valence-corrected chi connectivity index (χ1v) is 11.1. The van der Waals surface area contributed by atoms with E-state index in [-0.39, 0.29) is 17.3 Å². The fourth-order valence-corrected chi connectivity index (χ4v) is 4.89. The minimum absolute atomic E-state index is 0.0617. The summed E-state index contributed by atoms with van der Waals surface area (Å²) in [5.41, 5.74) is 6.68. The van der Waals surface area contributed by atoms with Crippen molar-refractivity contribution in [3.05, 3.63) is 83.0 Å². The van der Waals surface area contributed by atoms with Crippen molar-refractivity contribution in [2.75, 3.05) is 6.54 Å². The van der Waals surface area contributed by atoms with Crippen molar-refractivity contribution < 1.29 is 22.7 Å². The van der Waals surface area contributed by atoms with Gasteiger partial charge in [-0.1, -0.05) is 35.9 Å². The molecule has 0 aliphatic carbocycles. The first-order valence-electron chi connectivity index (χ1n) is 9.30. The number of nitrogens with two attached hydrogens (primary N) is 1. The molecule has 1 aliphatic rings. The van der Waals surface area contributed by atoms with E-state index in [4.69, 9.17) is 26.8 Å². The number of carbonyl (C=O) groups excluding carboxylic acids is 1. The monoisotopic (exact) mass is 459 g/mol. The predicted molar refractivity (Wildman–Crippen MR) is 113 cm³/mol. The number of carbonyl (C=O) groups is 1. The van der Waals surface area contributed by atoms with Crippen LogP contribution in [0.4, 0.5) is 4.79 Å². The number of primary amides is 1. The number of pyridine rings is 1. The minimum Gasteiger partial charge on any atom is -0.439 e. The molecule has 1 atom stereocenters. The topological polar surface area (TPSA) is 112 Å². The van der Waals surface area contributed by atoms with Crippen LogP contribution in [0.2, 0.25) is 5.02 Å². The summed E-state index contributed by atoms with van der Waals surface area (Å²) in [4.78, 5) is 15.5. The normalized spacial score (nSPS) is 16.4. The summed E-state index contributed by atoms with van der Waals surface area (Å²) in [7, 11) is -4.03. The van der Waals surface area contributed by atoms with Crippen LogP contribution in [0.3, 0.4) is 0 Å². The van der Waals surface area contributed by atoms with Crippen molar-refractivity contribution in [3.8, 4) is 11.6 Å². The summed E-state index contributed by atoms with van der Waals surface area (Å²) in [5, 5.41) is 0.567. The zero-order valence-corrected chi connectivity index (χ0v) is 17.7. The summed E-state index contributed by atoms with van der Waals surface area (Å²) in [5.74, 6) is 0.727. The molecule has 1 aromatic heterocycles. The molecule has 2 aromatic carbocycles. The maximum Gasteiger partial charge on any atom is 0.406 e. The van der Waals surface area contributed by atoms with Gasteiger partial charge < -0.3 is 15.2 Å². The van der Waals surface area contributed by atoms with E-state index in [1.54, 1.807) is 36.4 Å². The Kier molecular flexibility index (Phi) is 5.81. The van der Waals surface area contributed by atoms with Gasteiger partial charge in [0.2, 0.25) is 15.9 Å². The highest BCUT2D eigenvalue weighted by molar-refractivity contribution is 7.89. The second-order valence-corrected chi connectivity index (χ2v) is 9.07. The van der Waals surface area contributed by atoms with Crippen molar-refractivity contribution in [1.29, 1.82) is 0 Å². The molecule has 10 heteroatoms. The molecule has 160 valence electrons. The lowest BCUT2D eigenvalue weighted by atomic mass is 10.00. The highest BCUT2D eigenvalue weighted by atomic mass is 35.5. The second-order valence-electron chi connectivity index (χ2n) is 6.74. The lowest BCUT2D eigenvalue weighted by molar-refractivity contribution is 0.0295. The Balaban J connectivity index is 1.61. The molecular weight excluding hydrogens is 442 g/mol. The highest BCUT2D eigenvalue weighted by Crippen LogP contribution is 2.35. The molecule has 0 saturated carbocycles. The molecule has 0 fully saturated rings. The minimum atomic E-state index is -4.03. The average molecular weight is 460 g/mol. The highest BCUT2D eigenvalue weighted by Gasteiger charge is 2.38. The SMILES string of the molecule is NC(=O)O[C@@H]1c2ccccc2CCN1S(=O)(=O)c1ccc(Oc2ccc(Cl)cc2)nc1. The van der Waals surface area contributed by atoms with E-state index < -0.39 is 22.3 Å². The molecule has 2 N–H and O–H groups in total. The molecule has 0 bridgehead atoms. The van der Waals surface area contributed by atoms with E-state index in [1.807, 2.05) is 12.1 Å². The van der Waals surface area contributed by atoms with E-state index >= 15 is 0 Å². The molecule has 0 spiro atoms. The first-order chi connectivity index (χ1) is 14.8.